The van der Waals surface area contributed by atoms with Crippen LogP contribution in [0, 0.1) is 4.77 Å². The van der Waals surface area contributed by atoms with Crippen LogP contribution < -0.4 is 0 Å². The van der Waals surface area contributed by atoms with Crippen molar-refractivity contribution in [2.24, 2.45) is 0 Å². The first-order valence-electron chi connectivity index (χ1n) is 11.0. The number of likely N-dealkylation sites (tertiary alicyclic amines) is 1. The molecule has 1 saturated heterocycles. The fraction of sp³-hybridized carbons (Fsp3) is 0.636. The summed E-state index contributed by atoms with van der Waals surface area (Å²) in [6.07, 6.45) is 10.7. The molecule has 0 atom stereocenters. The second-order valence-corrected chi connectivity index (χ2v) is 9.04. The zero-order valence-electron chi connectivity index (χ0n) is 16.7. The normalized spacial score (nSPS) is 21.2. The smallest absolute Gasteiger partial charge is 0.203 e. The summed E-state index contributed by atoms with van der Waals surface area (Å²) in [6.45, 7) is 4.08. The van der Waals surface area contributed by atoms with Crippen LogP contribution in [-0.2, 0) is 13.2 Å². The zero-order valence-corrected chi connectivity index (χ0v) is 17.5. The van der Waals surface area contributed by atoms with E-state index in [-0.39, 0.29) is 0 Å². The predicted octanol–water partition coefficient (Wildman–Crippen LogP) is 4.36. The average Bonchev–Trinajstić information content (AvgIpc) is 3.09. The van der Waals surface area contributed by atoms with Crippen molar-refractivity contribution in [2.75, 3.05) is 13.1 Å². The van der Waals surface area contributed by atoms with Crippen LogP contribution in [0.25, 0.3) is 5.69 Å². The lowest BCUT2D eigenvalue weighted by Gasteiger charge is -2.28. The van der Waals surface area contributed by atoms with E-state index in [4.69, 9.17) is 17.3 Å². The van der Waals surface area contributed by atoms with Crippen molar-refractivity contribution in [1.29, 1.82) is 0 Å². The van der Waals surface area contributed by atoms with Crippen LogP contribution in [0.3, 0.4) is 0 Å². The molecule has 150 valence electrons. The minimum absolute atomic E-state index is 0.721. The standard InChI is InChI=1S/C22H31N5S/c28-22-26(17-25(19-12-13-19)18-8-4-5-9-18)23-21(16-24-14-6-7-15-24)27(22)20-10-2-1-3-11-20/h1-3,10-11,18-19H,4-9,12-17H2. The molecule has 0 unspecified atom stereocenters. The van der Waals surface area contributed by atoms with E-state index in [0.29, 0.717) is 0 Å². The molecular formula is C22H31N5S. The number of hydrogen-bond acceptors (Lipinski definition) is 4. The summed E-state index contributed by atoms with van der Waals surface area (Å²) in [4.78, 5) is 5.21. The third-order valence-electron chi connectivity index (χ3n) is 6.59. The summed E-state index contributed by atoms with van der Waals surface area (Å²) in [6, 6.07) is 12.0. The van der Waals surface area contributed by atoms with E-state index in [9.17, 15) is 0 Å². The summed E-state index contributed by atoms with van der Waals surface area (Å²) in [7, 11) is 0. The number of rotatable bonds is 7. The van der Waals surface area contributed by atoms with Crippen molar-refractivity contribution < 1.29 is 0 Å². The molecule has 0 radical (unpaired) electrons. The highest BCUT2D eigenvalue weighted by molar-refractivity contribution is 7.71. The highest BCUT2D eigenvalue weighted by atomic mass is 32.1. The molecule has 1 aromatic carbocycles. The first-order valence-corrected chi connectivity index (χ1v) is 11.4. The maximum absolute atomic E-state index is 5.95. The van der Waals surface area contributed by atoms with Crippen LogP contribution in [0.5, 0.6) is 0 Å². The third-order valence-corrected chi connectivity index (χ3v) is 6.98. The third kappa shape index (κ3) is 3.82. The maximum atomic E-state index is 5.95. The largest absolute Gasteiger partial charge is 0.296 e. The van der Waals surface area contributed by atoms with Gasteiger partial charge in [-0.15, -0.1) is 0 Å². The molecule has 1 aliphatic heterocycles. The van der Waals surface area contributed by atoms with E-state index in [0.717, 1.165) is 41.6 Å². The molecule has 0 N–H and O–H groups in total. The number of nitrogens with zero attached hydrogens (tertiary/aromatic N) is 5. The van der Waals surface area contributed by atoms with Gasteiger partial charge in [0.05, 0.1) is 13.2 Å². The van der Waals surface area contributed by atoms with Crippen molar-refractivity contribution in [3.63, 3.8) is 0 Å². The SMILES string of the molecule is S=c1n(CN(C2CCCC2)C2CC2)nc(CN2CCCC2)n1-c1ccccc1. The van der Waals surface area contributed by atoms with E-state index in [2.05, 4.69) is 49.4 Å². The number of benzene rings is 1. The Kier molecular flexibility index (Phi) is 5.35. The van der Waals surface area contributed by atoms with Gasteiger partial charge in [-0.1, -0.05) is 31.0 Å². The van der Waals surface area contributed by atoms with Gasteiger partial charge in [-0.05, 0) is 76.0 Å². The molecule has 0 bridgehead atoms. The van der Waals surface area contributed by atoms with Crippen molar-refractivity contribution in [3.8, 4) is 5.69 Å². The summed E-state index contributed by atoms with van der Waals surface area (Å²) < 4.78 is 5.14. The van der Waals surface area contributed by atoms with Gasteiger partial charge >= 0.3 is 0 Å². The van der Waals surface area contributed by atoms with Crippen LogP contribution in [0.2, 0.25) is 0 Å². The van der Waals surface area contributed by atoms with Crippen molar-refractivity contribution in [3.05, 3.63) is 40.9 Å². The first kappa shape index (κ1) is 18.5. The Hall–Kier alpha value is -1.50. The predicted molar refractivity (Wildman–Crippen MR) is 114 cm³/mol. The number of aromatic nitrogens is 3. The Labute approximate surface area is 172 Å². The molecule has 3 aliphatic rings. The van der Waals surface area contributed by atoms with Gasteiger partial charge in [0.2, 0.25) is 4.77 Å². The Balaban J connectivity index is 1.47. The lowest BCUT2D eigenvalue weighted by Crippen LogP contribution is -2.37. The maximum Gasteiger partial charge on any atom is 0.203 e. The van der Waals surface area contributed by atoms with Gasteiger partial charge in [0.25, 0.3) is 0 Å². The Morgan fingerprint density at radius 3 is 2.29 bits per heavy atom. The zero-order chi connectivity index (χ0) is 18.9. The van der Waals surface area contributed by atoms with Gasteiger partial charge in [-0.25, -0.2) is 4.68 Å². The van der Waals surface area contributed by atoms with Crippen LogP contribution in [-0.4, -0.2) is 49.3 Å². The van der Waals surface area contributed by atoms with Crippen LogP contribution in [0.15, 0.2) is 30.3 Å². The van der Waals surface area contributed by atoms with Gasteiger partial charge in [0, 0.05) is 17.8 Å². The Morgan fingerprint density at radius 2 is 1.61 bits per heavy atom. The molecule has 2 saturated carbocycles. The van der Waals surface area contributed by atoms with E-state index in [1.165, 1.54) is 64.5 Å². The Morgan fingerprint density at radius 1 is 0.929 bits per heavy atom. The van der Waals surface area contributed by atoms with E-state index >= 15 is 0 Å². The molecule has 6 heteroatoms. The minimum atomic E-state index is 0.721. The molecule has 2 aliphatic carbocycles. The molecule has 5 rings (SSSR count). The molecular weight excluding hydrogens is 366 g/mol. The highest BCUT2D eigenvalue weighted by Crippen LogP contribution is 2.35. The van der Waals surface area contributed by atoms with Crippen molar-refractivity contribution in [1.82, 2.24) is 24.1 Å². The number of hydrogen-bond donors (Lipinski definition) is 0. The topological polar surface area (TPSA) is 29.2 Å². The van der Waals surface area contributed by atoms with Crippen LogP contribution >= 0.6 is 12.2 Å². The summed E-state index contributed by atoms with van der Waals surface area (Å²) >= 11 is 5.95. The lowest BCUT2D eigenvalue weighted by atomic mass is 10.2. The van der Waals surface area contributed by atoms with Crippen LogP contribution in [0.1, 0.15) is 57.2 Å². The monoisotopic (exact) mass is 397 g/mol. The first-order chi connectivity index (χ1) is 13.8. The summed E-state index contributed by atoms with van der Waals surface area (Å²) in [5, 5.41) is 5.06. The minimum Gasteiger partial charge on any atom is -0.296 e. The average molecular weight is 398 g/mol. The fourth-order valence-corrected chi connectivity index (χ4v) is 5.26. The quantitative estimate of drug-likeness (QED) is 0.649. The van der Waals surface area contributed by atoms with Crippen molar-refractivity contribution in [2.45, 2.75) is 76.7 Å². The van der Waals surface area contributed by atoms with E-state index < -0.39 is 0 Å². The van der Waals surface area contributed by atoms with Gasteiger partial charge in [-0.2, -0.15) is 5.10 Å². The molecule has 0 spiro atoms. The summed E-state index contributed by atoms with van der Waals surface area (Å²) in [5.74, 6) is 1.08. The second kappa shape index (κ2) is 8.09. The molecule has 3 fully saturated rings. The fourth-order valence-electron chi connectivity index (χ4n) is 4.95. The van der Waals surface area contributed by atoms with Crippen LogP contribution in [0.4, 0.5) is 0 Å². The highest BCUT2D eigenvalue weighted by Gasteiger charge is 2.35. The second-order valence-electron chi connectivity index (χ2n) is 8.68. The summed E-state index contributed by atoms with van der Waals surface area (Å²) in [5.41, 5.74) is 1.13. The molecule has 2 aromatic rings. The molecule has 5 nitrogen and oxygen atoms in total. The molecule has 28 heavy (non-hydrogen) atoms. The van der Waals surface area contributed by atoms with Gasteiger partial charge < -0.3 is 0 Å². The van der Waals surface area contributed by atoms with Gasteiger partial charge in [0.15, 0.2) is 5.82 Å². The molecule has 1 aromatic heterocycles. The van der Waals surface area contributed by atoms with E-state index in [1.807, 2.05) is 0 Å². The van der Waals surface area contributed by atoms with Gasteiger partial charge in [-0.3, -0.25) is 14.4 Å². The molecule has 0 amide bonds. The molecule has 2 heterocycles. The Bertz CT molecular complexity index is 842. The van der Waals surface area contributed by atoms with Gasteiger partial charge in [0.1, 0.15) is 0 Å². The van der Waals surface area contributed by atoms with Crippen molar-refractivity contribution >= 4 is 12.2 Å². The van der Waals surface area contributed by atoms with E-state index in [1.54, 1.807) is 0 Å². The number of para-hydroxylation sites is 1. The lowest BCUT2D eigenvalue weighted by molar-refractivity contribution is 0.133.